The Morgan fingerprint density at radius 3 is 2.12 bits per heavy atom. The third-order valence-corrected chi connectivity index (χ3v) is 5.18. The molecule has 0 saturated carbocycles. The van der Waals surface area contributed by atoms with Gasteiger partial charge in [-0.3, -0.25) is 4.79 Å². The van der Waals surface area contributed by atoms with Crippen LogP contribution in [0.3, 0.4) is 0 Å². The van der Waals surface area contributed by atoms with Crippen LogP contribution in [0.25, 0.3) is 0 Å². The topological polar surface area (TPSA) is 95.5 Å². The zero-order valence-corrected chi connectivity index (χ0v) is 19.7. The van der Waals surface area contributed by atoms with Gasteiger partial charge < -0.3 is 18.9 Å². The lowest BCUT2D eigenvalue weighted by atomic mass is 10.1. The van der Waals surface area contributed by atoms with E-state index < -0.39 is 11.9 Å². The number of benzene rings is 3. The number of halogens is 1. The monoisotopic (exact) mass is 512 g/mol. The number of ether oxygens (including phenoxy) is 4. The van der Waals surface area contributed by atoms with Crippen LogP contribution < -0.4 is 24.4 Å². The Bertz CT molecular complexity index is 1150. The van der Waals surface area contributed by atoms with Crippen molar-refractivity contribution in [1.82, 2.24) is 5.43 Å². The van der Waals surface area contributed by atoms with Gasteiger partial charge >= 0.3 is 5.97 Å². The summed E-state index contributed by atoms with van der Waals surface area (Å²) in [4.78, 5) is 24.8. The van der Waals surface area contributed by atoms with Gasteiger partial charge in [0.2, 0.25) is 5.75 Å². The maximum atomic E-state index is 12.5. The number of rotatable bonds is 8. The molecule has 8 nitrogen and oxygen atoms in total. The number of carbonyl (C=O) groups is 2. The van der Waals surface area contributed by atoms with Gasteiger partial charge in [0.05, 0.1) is 33.1 Å². The molecule has 3 aromatic carbocycles. The second kappa shape index (κ2) is 11.1. The molecular formula is C24H21BrN2O6. The van der Waals surface area contributed by atoms with Gasteiger partial charge in [-0.05, 0) is 70.0 Å². The van der Waals surface area contributed by atoms with Crippen molar-refractivity contribution in [3.8, 4) is 23.0 Å². The van der Waals surface area contributed by atoms with Crippen LogP contribution in [0.15, 0.2) is 70.2 Å². The molecule has 0 aliphatic carbocycles. The Hall–Kier alpha value is -3.85. The van der Waals surface area contributed by atoms with Gasteiger partial charge in [-0.25, -0.2) is 10.2 Å². The van der Waals surface area contributed by atoms with Gasteiger partial charge in [0, 0.05) is 10.0 Å². The molecular weight excluding hydrogens is 492 g/mol. The highest BCUT2D eigenvalue weighted by Crippen LogP contribution is 2.38. The van der Waals surface area contributed by atoms with E-state index in [1.54, 1.807) is 42.5 Å². The number of methoxy groups -OCH3 is 3. The summed E-state index contributed by atoms with van der Waals surface area (Å²) in [6.45, 7) is 0. The molecule has 0 aliphatic rings. The average molecular weight is 513 g/mol. The number of hydrazone groups is 1. The Morgan fingerprint density at radius 1 is 0.909 bits per heavy atom. The lowest BCUT2D eigenvalue weighted by molar-refractivity contribution is 0.0733. The lowest BCUT2D eigenvalue weighted by Crippen LogP contribution is -2.18. The van der Waals surface area contributed by atoms with E-state index in [-0.39, 0.29) is 5.56 Å². The maximum absolute atomic E-state index is 12.5. The Morgan fingerprint density at radius 2 is 1.55 bits per heavy atom. The summed E-state index contributed by atoms with van der Waals surface area (Å²) in [5, 5.41) is 3.97. The molecule has 1 amide bonds. The molecule has 0 aromatic heterocycles. The minimum atomic E-state index is -0.471. The molecule has 3 aromatic rings. The molecule has 0 unspecified atom stereocenters. The van der Waals surface area contributed by atoms with Crippen molar-refractivity contribution in [1.29, 1.82) is 0 Å². The van der Waals surface area contributed by atoms with Crippen LogP contribution in [0.2, 0.25) is 0 Å². The molecule has 0 aliphatic heterocycles. The van der Waals surface area contributed by atoms with Crippen LogP contribution in [0.4, 0.5) is 0 Å². The Kier molecular flexibility index (Phi) is 8.04. The summed E-state index contributed by atoms with van der Waals surface area (Å²) in [7, 11) is 4.42. The summed E-state index contributed by atoms with van der Waals surface area (Å²) in [5.74, 6) is 0.568. The number of amides is 1. The van der Waals surface area contributed by atoms with Crippen molar-refractivity contribution < 1.29 is 28.5 Å². The summed E-state index contributed by atoms with van der Waals surface area (Å²) in [6, 6.07) is 16.7. The number of hydrogen-bond acceptors (Lipinski definition) is 7. The smallest absolute Gasteiger partial charge is 0.344 e. The largest absolute Gasteiger partial charge is 0.493 e. The first-order valence-electron chi connectivity index (χ1n) is 9.67. The summed E-state index contributed by atoms with van der Waals surface area (Å²) in [5.41, 5.74) is 3.86. The van der Waals surface area contributed by atoms with E-state index in [4.69, 9.17) is 18.9 Å². The van der Waals surface area contributed by atoms with Crippen molar-refractivity contribution in [2.75, 3.05) is 21.3 Å². The molecule has 9 heteroatoms. The van der Waals surface area contributed by atoms with E-state index in [0.29, 0.717) is 38.6 Å². The van der Waals surface area contributed by atoms with Gasteiger partial charge in [0.15, 0.2) is 11.5 Å². The van der Waals surface area contributed by atoms with E-state index in [1.165, 1.54) is 39.7 Å². The Labute approximate surface area is 199 Å². The van der Waals surface area contributed by atoms with Crippen LogP contribution in [-0.2, 0) is 0 Å². The lowest BCUT2D eigenvalue weighted by Gasteiger charge is -2.13. The molecule has 0 radical (unpaired) electrons. The molecule has 3 rings (SSSR count). The second-order valence-corrected chi connectivity index (χ2v) is 7.41. The van der Waals surface area contributed by atoms with Gasteiger partial charge in [-0.15, -0.1) is 0 Å². The number of nitrogens with zero attached hydrogens (tertiary/aromatic N) is 1. The maximum Gasteiger partial charge on any atom is 0.344 e. The van der Waals surface area contributed by atoms with Gasteiger partial charge in [-0.2, -0.15) is 5.10 Å². The highest BCUT2D eigenvalue weighted by molar-refractivity contribution is 9.10. The quantitative estimate of drug-likeness (QED) is 0.207. The zero-order chi connectivity index (χ0) is 23.8. The van der Waals surface area contributed by atoms with Crippen molar-refractivity contribution >= 4 is 34.0 Å². The molecule has 170 valence electrons. The van der Waals surface area contributed by atoms with Crippen LogP contribution >= 0.6 is 15.9 Å². The van der Waals surface area contributed by atoms with E-state index in [0.717, 1.165) is 0 Å². The fourth-order valence-corrected chi connectivity index (χ4v) is 3.30. The molecule has 0 bridgehead atoms. The van der Waals surface area contributed by atoms with E-state index in [9.17, 15) is 9.59 Å². The molecule has 0 atom stereocenters. The van der Waals surface area contributed by atoms with Crippen LogP contribution in [0.1, 0.15) is 26.3 Å². The predicted molar refractivity (Wildman–Crippen MR) is 127 cm³/mol. The van der Waals surface area contributed by atoms with Gasteiger partial charge in [0.25, 0.3) is 5.91 Å². The fourth-order valence-electron chi connectivity index (χ4n) is 2.85. The highest BCUT2D eigenvalue weighted by atomic mass is 79.9. The third kappa shape index (κ3) is 5.89. The van der Waals surface area contributed by atoms with Crippen molar-refractivity contribution in [2.24, 2.45) is 5.10 Å². The number of carbonyl (C=O) groups excluding carboxylic acids is 2. The second-order valence-electron chi connectivity index (χ2n) is 6.55. The molecule has 0 fully saturated rings. The van der Waals surface area contributed by atoms with E-state index in [1.807, 2.05) is 6.07 Å². The first-order chi connectivity index (χ1) is 16.0. The zero-order valence-electron chi connectivity index (χ0n) is 18.1. The molecule has 33 heavy (non-hydrogen) atoms. The molecule has 1 N–H and O–H groups in total. The summed E-state index contributed by atoms with van der Waals surface area (Å²) < 4.78 is 21.8. The number of nitrogens with one attached hydrogen (secondary N) is 1. The summed E-state index contributed by atoms with van der Waals surface area (Å²) >= 11 is 3.33. The third-order valence-electron chi connectivity index (χ3n) is 4.49. The standard InChI is InChI=1S/C24H21BrN2O6/c1-30-20-12-16(13-21(31-2)22(20)32-3)23(28)27-26-14-15-8-10-17(11-9-15)33-24(29)18-6-4-5-7-19(18)25/h4-14H,1-3H3,(H,27,28)/b26-14+. The number of esters is 1. The molecule has 0 saturated heterocycles. The summed E-state index contributed by atoms with van der Waals surface area (Å²) in [6.07, 6.45) is 1.47. The number of hydrogen-bond donors (Lipinski definition) is 1. The van der Waals surface area contributed by atoms with Gasteiger partial charge in [-0.1, -0.05) is 12.1 Å². The minimum absolute atomic E-state index is 0.288. The van der Waals surface area contributed by atoms with Crippen LogP contribution in [0, 0.1) is 0 Å². The molecule has 0 spiro atoms. The normalized spacial score (nSPS) is 10.5. The van der Waals surface area contributed by atoms with Crippen molar-refractivity contribution in [3.63, 3.8) is 0 Å². The SMILES string of the molecule is COc1cc(C(=O)N/N=C/c2ccc(OC(=O)c3ccccc3Br)cc2)cc(OC)c1OC. The average Bonchev–Trinajstić information content (AvgIpc) is 2.84. The van der Waals surface area contributed by atoms with E-state index >= 15 is 0 Å². The minimum Gasteiger partial charge on any atom is -0.493 e. The van der Waals surface area contributed by atoms with Gasteiger partial charge in [0.1, 0.15) is 5.75 Å². The van der Waals surface area contributed by atoms with Crippen LogP contribution in [0.5, 0.6) is 23.0 Å². The molecule has 0 heterocycles. The van der Waals surface area contributed by atoms with Crippen LogP contribution in [-0.4, -0.2) is 39.4 Å². The highest BCUT2D eigenvalue weighted by Gasteiger charge is 2.16. The predicted octanol–water partition coefficient (Wildman–Crippen LogP) is 4.46. The van der Waals surface area contributed by atoms with Crippen molar-refractivity contribution in [3.05, 3.63) is 81.8 Å². The van der Waals surface area contributed by atoms with Crippen molar-refractivity contribution in [2.45, 2.75) is 0 Å². The van der Waals surface area contributed by atoms with E-state index in [2.05, 4.69) is 26.5 Å². The Balaban J connectivity index is 1.63. The first kappa shape index (κ1) is 23.8. The fraction of sp³-hybridized carbons (Fsp3) is 0.125. The first-order valence-corrected chi connectivity index (χ1v) is 10.5.